The predicted molar refractivity (Wildman–Crippen MR) is 82.6 cm³/mol. The van der Waals surface area contributed by atoms with Crippen LogP contribution >= 0.6 is 0 Å². The lowest BCUT2D eigenvalue weighted by molar-refractivity contribution is 0.0877. The van der Waals surface area contributed by atoms with E-state index < -0.39 is 0 Å². The number of benzene rings is 2. The van der Waals surface area contributed by atoms with Crippen molar-refractivity contribution in [2.75, 3.05) is 0 Å². The molecule has 0 saturated heterocycles. The molecule has 0 spiro atoms. The number of rotatable bonds is 1. The summed E-state index contributed by atoms with van der Waals surface area (Å²) in [5.74, 6) is 1.28. The summed E-state index contributed by atoms with van der Waals surface area (Å²) in [6.45, 7) is 2.05. The molecular weight excluding hydrogens is 260 g/mol. The number of hydrogen-bond donors (Lipinski definition) is 0. The molecule has 0 saturated carbocycles. The Morgan fingerprint density at radius 2 is 1.90 bits per heavy atom. The normalized spacial score (nSPS) is 18.0. The quantitative estimate of drug-likeness (QED) is 0.679. The molecule has 21 heavy (non-hydrogen) atoms. The Balaban J connectivity index is 1.82. The van der Waals surface area contributed by atoms with Gasteiger partial charge in [0.15, 0.2) is 0 Å². The molecule has 1 aliphatic rings. The highest BCUT2D eigenvalue weighted by molar-refractivity contribution is 5.92. The van der Waals surface area contributed by atoms with E-state index in [9.17, 15) is 4.79 Å². The SMILES string of the molecule is Cc1ccc2c(c1)nc1n2C(=O)CC(c2ccccc2)C1. The molecule has 4 rings (SSSR count). The van der Waals surface area contributed by atoms with E-state index in [2.05, 4.69) is 17.1 Å². The minimum Gasteiger partial charge on any atom is -0.274 e. The molecular formula is C18H16N2O. The van der Waals surface area contributed by atoms with Gasteiger partial charge in [0, 0.05) is 12.8 Å². The van der Waals surface area contributed by atoms with Crippen molar-refractivity contribution in [3.63, 3.8) is 0 Å². The molecule has 2 aromatic carbocycles. The number of aryl methyl sites for hydroxylation is 1. The van der Waals surface area contributed by atoms with Gasteiger partial charge in [0.25, 0.3) is 0 Å². The first kappa shape index (κ1) is 12.3. The number of carbonyl (C=O) groups is 1. The molecule has 2 heterocycles. The Morgan fingerprint density at radius 3 is 2.71 bits per heavy atom. The maximum Gasteiger partial charge on any atom is 0.233 e. The summed E-state index contributed by atoms with van der Waals surface area (Å²) in [6.07, 6.45) is 1.37. The van der Waals surface area contributed by atoms with E-state index in [-0.39, 0.29) is 11.8 Å². The Hall–Kier alpha value is -2.42. The molecule has 0 fully saturated rings. The van der Waals surface area contributed by atoms with Crippen molar-refractivity contribution < 1.29 is 4.79 Å². The summed E-state index contributed by atoms with van der Waals surface area (Å²) in [5.41, 5.74) is 4.25. The highest BCUT2D eigenvalue weighted by Crippen LogP contribution is 2.31. The lowest BCUT2D eigenvalue weighted by Crippen LogP contribution is -2.25. The number of nitrogens with zero attached hydrogens (tertiary/aromatic N) is 2. The van der Waals surface area contributed by atoms with E-state index in [4.69, 9.17) is 0 Å². The maximum atomic E-state index is 12.6. The van der Waals surface area contributed by atoms with Crippen LogP contribution < -0.4 is 0 Å². The van der Waals surface area contributed by atoms with Gasteiger partial charge in [0.05, 0.1) is 11.0 Å². The molecule has 1 aromatic heterocycles. The largest absolute Gasteiger partial charge is 0.274 e. The van der Waals surface area contributed by atoms with E-state index in [1.165, 1.54) is 11.1 Å². The van der Waals surface area contributed by atoms with Gasteiger partial charge in [-0.15, -0.1) is 0 Å². The van der Waals surface area contributed by atoms with Crippen LogP contribution in [-0.4, -0.2) is 15.5 Å². The van der Waals surface area contributed by atoms with E-state index in [1.54, 1.807) is 4.57 Å². The van der Waals surface area contributed by atoms with Gasteiger partial charge >= 0.3 is 0 Å². The van der Waals surface area contributed by atoms with Crippen LogP contribution in [0, 0.1) is 6.92 Å². The summed E-state index contributed by atoms with van der Waals surface area (Å²) < 4.78 is 1.80. The highest BCUT2D eigenvalue weighted by atomic mass is 16.2. The molecule has 3 aromatic rings. The van der Waals surface area contributed by atoms with Gasteiger partial charge in [0.1, 0.15) is 5.82 Å². The van der Waals surface area contributed by atoms with Crippen molar-refractivity contribution in [1.29, 1.82) is 0 Å². The first-order chi connectivity index (χ1) is 10.2. The van der Waals surface area contributed by atoms with Crippen molar-refractivity contribution in [2.45, 2.75) is 25.7 Å². The van der Waals surface area contributed by atoms with Crippen molar-refractivity contribution in [3.8, 4) is 0 Å². The first-order valence-corrected chi connectivity index (χ1v) is 7.28. The number of fused-ring (bicyclic) bond motifs is 3. The molecule has 104 valence electrons. The number of hydrogen-bond acceptors (Lipinski definition) is 2. The summed E-state index contributed by atoms with van der Waals surface area (Å²) in [5, 5.41) is 0. The van der Waals surface area contributed by atoms with Crippen LogP contribution in [-0.2, 0) is 6.42 Å². The van der Waals surface area contributed by atoms with Crippen molar-refractivity contribution in [1.82, 2.24) is 9.55 Å². The highest BCUT2D eigenvalue weighted by Gasteiger charge is 2.28. The van der Waals surface area contributed by atoms with Crippen LogP contribution in [0.3, 0.4) is 0 Å². The molecule has 0 bridgehead atoms. The van der Waals surface area contributed by atoms with Crippen LogP contribution in [0.2, 0.25) is 0 Å². The zero-order chi connectivity index (χ0) is 14.4. The minimum absolute atomic E-state index is 0.149. The van der Waals surface area contributed by atoms with Gasteiger partial charge in [0.2, 0.25) is 5.91 Å². The molecule has 1 aliphatic heterocycles. The third-order valence-electron chi connectivity index (χ3n) is 4.25. The Kier molecular flexibility index (Phi) is 2.67. The summed E-state index contributed by atoms with van der Waals surface area (Å²) >= 11 is 0. The van der Waals surface area contributed by atoms with Gasteiger partial charge in [-0.2, -0.15) is 0 Å². The average Bonchev–Trinajstić information content (AvgIpc) is 2.85. The van der Waals surface area contributed by atoms with Gasteiger partial charge in [-0.05, 0) is 36.1 Å². The standard InChI is InChI=1S/C18H16N2O/c1-12-7-8-16-15(9-12)19-17-10-14(11-18(21)20(16)17)13-5-3-2-4-6-13/h2-9,14H,10-11H2,1H3. The molecule has 0 amide bonds. The van der Waals surface area contributed by atoms with Crippen LogP contribution in [0.15, 0.2) is 48.5 Å². The van der Waals surface area contributed by atoms with Crippen LogP contribution in [0.5, 0.6) is 0 Å². The predicted octanol–water partition coefficient (Wildman–Crippen LogP) is 3.71. The Bertz CT molecular complexity index is 833. The molecule has 1 atom stereocenters. The fourth-order valence-electron chi connectivity index (χ4n) is 3.21. The van der Waals surface area contributed by atoms with Gasteiger partial charge in [-0.3, -0.25) is 9.36 Å². The third kappa shape index (κ3) is 1.97. The molecule has 0 N–H and O–H groups in total. The van der Waals surface area contributed by atoms with Crippen molar-refractivity contribution >= 4 is 16.9 Å². The zero-order valence-electron chi connectivity index (χ0n) is 11.9. The molecule has 0 radical (unpaired) electrons. The molecule has 0 aliphatic carbocycles. The second-order valence-electron chi connectivity index (χ2n) is 5.77. The average molecular weight is 276 g/mol. The zero-order valence-corrected chi connectivity index (χ0v) is 11.9. The molecule has 1 unspecified atom stereocenters. The van der Waals surface area contributed by atoms with Crippen LogP contribution in [0.4, 0.5) is 0 Å². The van der Waals surface area contributed by atoms with Crippen molar-refractivity contribution in [3.05, 3.63) is 65.5 Å². The number of carbonyl (C=O) groups excluding carboxylic acids is 1. The fourth-order valence-corrected chi connectivity index (χ4v) is 3.21. The van der Waals surface area contributed by atoms with Gasteiger partial charge in [-0.1, -0.05) is 36.4 Å². The van der Waals surface area contributed by atoms with Gasteiger partial charge in [-0.25, -0.2) is 4.98 Å². The summed E-state index contributed by atoms with van der Waals surface area (Å²) in [6, 6.07) is 16.3. The number of imidazole rings is 1. The van der Waals surface area contributed by atoms with Gasteiger partial charge < -0.3 is 0 Å². The fraction of sp³-hybridized carbons (Fsp3) is 0.222. The topological polar surface area (TPSA) is 34.9 Å². The second kappa shape index (κ2) is 4.55. The van der Waals surface area contributed by atoms with E-state index >= 15 is 0 Å². The first-order valence-electron chi connectivity index (χ1n) is 7.28. The maximum absolute atomic E-state index is 12.6. The number of aromatic nitrogens is 2. The molecule has 3 nitrogen and oxygen atoms in total. The summed E-state index contributed by atoms with van der Waals surface area (Å²) in [4.78, 5) is 17.2. The monoisotopic (exact) mass is 276 g/mol. The lowest BCUT2D eigenvalue weighted by Gasteiger charge is -2.22. The minimum atomic E-state index is 0.149. The lowest BCUT2D eigenvalue weighted by atomic mass is 9.90. The Labute approximate surface area is 123 Å². The van der Waals surface area contributed by atoms with Crippen LogP contribution in [0.25, 0.3) is 11.0 Å². The van der Waals surface area contributed by atoms with Crippen molar-refractivity contribution in [2.24, 2.45) is 0 Å². The van der Waals surface area contributed by atoms with E-state index in [0.29, 0.717) is 6.42 Å². The third-order valence-corrected chi connectivity index (χ3v) is 4.25. The van der Waals surface area contributed by atoms with E-state index in [0.717, 1.165) is 23.3 Å². The second-order valence-corrected chi connectivity index (χ2v) is 5.77. The van der Waals surface area contributed by atoms with Crippen LogP contribution in [0.1, 0.15) is 34.1 Å². The van der Waals surface area contributed by atoms with E-state index in [1.807, 2.05) is 43.3 Å². The summed E-state index contributed by atoms with van der Waals surface area (Å²) in [7, 11) is 0. The Morgan fingerprint density at radius 1 is 1.10 bits per heavy atom. The smallest absolute Gasteiger partial charge is 0.233 e. The molecule has 3 heteroatoms.